The van der Waals surface area contributed by atoms with Gasteiger partial charge < -0.3 is 4.65 Å². The molecule has 0 heterocycles. The second kappa shape index (κ2) is 7.65. The molecule has 1 nitrogen and oxygen atoms in total. The van der Waals surface area contributed by atoms with Gasteiger partial charge in [0.2, 0.25) is 0 Å². The van der Waals surface area contributed by atoms with Gasteiger partial charge in [-0.15, -0.1) is 0 Å². The normalized spacial score (nSPS) is 10.5. The van der Waals surface area contributed by atoms with E-state index in [0.29, 0.717) is 0 Å². The maximum absolute atomic E-state index is 4.82. The molecule has 0 aliphatic heterocycles. The number of hydrogen-bond donors (Lipinski definition) is 0. The summed E-state index contributed by atoms with van der Waals surface area (Å²) in [5.74, 6) is 0. The van der Waals surface area contributed by atoms with Crippen LogP contribution < -0.4 is 0 Å². The Bertz CT molecular complexity index is 82.2. The van der Waals surface area contributed by atoms with Crippen molar-refractivity contribution in [2.45, 2.75) is 54.1 Å². The van der Waals surface area contributed by atoms with E-state index in [1.165, 1.54) is 0 Å². The van der Waals surface area contributed by atoms with Crippen LogP contribution >= 0.6 is 0 Å². The SMILES string of the molecule is C.C.C[Si](C)(C)[N-][Si](C)(C)C.[In+]. The van der Waals surface area contributed by atoms with Crippen molar-refractivity contribution in [2.24, 2.45) is 0 Å². The topological polar surface area (TPSA) is 14.1 Å². The van der Waals surface area contributed by atoms with Crippen molar-refractivity contribution in [1.82, 2.24) is 0 Å². The summed E-state index contributed by atoms with van der Waals surface area (Å²) in [6, 6.07) is 0. The zero-order valence-electron chi connectivity index (χ0n) is 8.02. The summed E-state index contributed by atoms with van der Waals surface area (Å²) in [4.78, 5) is 0. The van der Waals surface area contributed by atoms with Crippen LogP contribution in [0.25, 0.3) is 4.65 Å². The Morgan fingerprint density at radius 1 is 0.667 bits per heavy atom. The fourth-order valence-electron chi connectivity index (χ4n) is 1.01. The van der Waals surface area contributed by atoms with Crippen LogP contribution in [0, 0.1) is 0 Å². The Labute approximate surface area is 101 Å². The summed E-state index contributed by atoms with van der Waals surface area (Å²) in [6.45, 7) is 13.8. The van der Waals surface area contributed by atoms with Gasteiger partial charge in [0.15, 0.2) is 0 Å². The van der Waals surface area contributed by atoms with Crippen molar-refractivity contribution in [1.29, 1.82) is 0 Å². The molecule has 0 aromatic carbocycles. The molecule has 0 aliphatic rings. The van der Waals surface area contributed by atoms with Crippen molar-refractivity contribution in [3.63, 3.8) is 0 Å². The van der Waals surface area contributed by atoms with E-state index in [4.69, 9.17) is 4.65 Å². The van der Waals surface area contributed by atoms with Gasteiger partial charge in [-0.2, -0.15) is 0 Å². The Morgan fingerprint density at radius 2 is 0.833 bits per heavy atom. The van der Waals surface area contributed by atoms with Crippen LogP contribution in [0.3, 0.4) is 0 Å². The molecule has 0 aromatic heterocycles. The van der Waals surface area contributed by atoms with Gasteiger partial charge in [-0.1, -0.05) is 70.6 Å². The molecule has 0 bridgehead atoms. The van der Waals surface area contributed by atoms with E-state index < -0.39 is 16.5 Å². The number of hydrogen-bond acceptors (Lipinski definition) is 0. The van der Waals surface area contributed by atoms with E-state index in [2.05, 4.69) is 39.3 Å². The van der Waals surface area contributed by atoms with Crippen molar-refractivity contribution in [3.8, 4) is 0 Å². The molecule has 0 saturated carbocycles. The van der Waals surface area contributed by atoms with Gasteiger partial charge in [0, 0.05) is 0 Å². The van der Waals surface area contributed by atoms with E-state index in [9.17, 15) is 0 Å². The van der Waals surface area contributed by atoms with Crippen LogP contribution in [0.2, 0.25) is 39.3 Å². The largest absolute Gasteiger partial charge is 1.00 e. The Kier molecular flexibility index (Phi) is 14.8. The standard InChI is InChI=1S/C6H18NSi2.2CH4.In/c1-8(2,3)7-9(4,5)6;;;/h1-6H3;2*1H4;/q-1;;;+1. The summed E-state index contributed by atoms with van der Waals surface area (Å²) < 4.78 is 4.82. The third kappa shape index (κ3) is 22.5. The summed E-state index contributed by atoms with van der Waals surface area (Å²) in [6.07, 6.45) is 0. The van der Waals surface area contributed by atoms with Crippen LogP contribution in [0.4, 0.5) is 0 Å². The van der Waals surface area contributed by atoms with Crippen molar-refractivity contribution in [3.05, 3.63) is 4.65 Å². The predicted octanol–water partition coefficient (Wildman–Crippen LogP) is 3.92. The summed E-state index contributed by atoms with van der Waals surface area (Å²) >= 11 is 0. The zero-order valence-corrected chi connectivity index (χ0v) is 13.3. The molecule has 2 radical (unpaired) electrons. The van der Waals surface area contributed by atoms with Crippen LogP contribution in [0.1, 0.15) is 14.9 Å². The minimum Gasteiger partial charge on any atom is -0.668 e. The first-order chi connectivity index (χ1) is 3.71. The van der Waals surface area contributed by atoms with Crippen LogP contribution in [0.15, 0.2) is 0 Å². The third-order valence-electron chi connectivity index (χ3n) is 0.671. The maximum atomic E-state index is 4.82. The molecule has 12 heavy (non-hydrogen) atoms. The second-order valence-corrected chi connectivity index (χ2v) is 14.0. The average Bonchev–Trinajstić information content (AvgIpc) is 1.14. The van der Waals surface area contributed by atoms with Gasteiger partial charge in [-0.3, -0.25) is 0 Å². The molecule has 0 aliphatic carbocycles. The quantitative estimate of drug-likeness (QED) is 0.687. The van der Waals surface area contributed by atoms with Gasteiger partial charge in [-0.25, -0.2) is 0 Å². The molecule has 0 rings (SSSR count). The van der Waals surface area contributed by atoms with E-state index in [-0.39, 0.29) is 40.7 Å². The molecule has 0 saturated heterocycles. The zero-order chi connectivity index (χ0) is 7.71. The predicted molar refractivity (Wildman–Crippen MR) is 69.3 cm³/mol. The fraction of sp³-hybridized carbons (Fsp3) is 1.00. The smallest absolute Gasteiger partial charge is 0.668 e. The second-order valence-electron chi connectivity index (χ2n) is 4.45. The molecule has 0 fully saturated rings. The monoisotopic (exact) mass is 307 g/mol. The summed E-state index contributed by atoms with van der Waals surface area (Å²) in [7, 11) is -2.21. The van der Waals surface area contributed by atoms with Crippen LogP contribution in [-0.2, 0) is 0 Å². The number of nitrogens with zero attached hydrogens (tertiary/aromatic N) is 1. The summed E-state index contributed by atoms with van der Waals surface area (Å²) in [5.41, 5.74) is 0. The molecular formula is C8H26InNSi2. The van der Waals surface area contributed by atoms with Crippen LogP contribution in [-0.4, -0.2) is 42.3 Å². The van der Waals surface area contributed by atoms with Gasteiger partial charge in [-0.05, 0) is 0 Å². The minimum atomic E-state index is -1.11. The van der Waals surface area contributed by atoms with E-state index in [1.54, 1.807) is 0 Å². The summed E-state index contributed by atoms with van der Waals surface area (Å²) in [5, 5.41) is 0. The number of rotatable bonds is 2. The first-order valence-electron chi connectivity index (χ1n) is 3.45. The fourth-order valence-corrected chi connectivity index (χ4v) is 9.06. The van der Waals surface area contributed by atoms with E-state index in [1.807, 2.05) is 0 Å². The molecule has 0 spiro atoms. The van der Waals surface area contributed by atoms with Gasteiger partial charge in [0.1, 0.15) is 0 Å². The molecule has 0 atom stereocenters. The van der Waals surface area contributed by atoms with Gasteiger partial charge in [0.05, 0.1) is 0 Å². The van der Waals surface area contributed by atoms with E-state index >= 15 is 0 Å². The Balaban J connectivity index is -0.000000107. The molecular weight excluding hydrogens is 281 g/mol. The maximum Gasteiger partial charge on any atom is 1.00 e. The molecule has 0 N–H and O–H groups in total. The molecule has 4 heteroatoms. The van der Waals surface area contributed by atoms with Crippen molar-refractivity contribution < 1.29 is 0 Å². The van der Waals surface area contributed by atoms with Gasteiger partial charge >= 0.3 is 25.8 Å². The molecule has 74 valence electrons. The Morgan fingerprint density at radius 3 is 0.833 bits per heavy atom. The molecule has 0 unspecified atom stereocenters. The van der Waals surface area contributed by atoms with Crippen molar-refractivity contribution >= 4 is 42.3 Å². The van der Waals surface area contributed by atoms with E-state index in [0.717, 1.165) is 0 Å². The average molecular weight is 307 g/mol. The third-order valence-corrected chi connectivity index (χ3v) is 6.04. The minimum absolute atomic E-state index is 0. The van der Waals surface area contributed by atoms with Crippen LogP contribution in [0.5, 0.6) is 0 Å². The van der Waals surface area contributed by atoms with Crippen molar-refractivity contribution in [2.75, 3.05) is 0 Å². The molecule has 0 amide bonds. The first-order valence-corrected chi connectivity index (χ1v) is 10.3. The Hall–Kier alpha value is 1.26. The van der Waals surface area contributed by atoms with Gasteiger partial charge in [0.25, 0.3) is 0 Å². The molecule has 0 aromatic rings. The first kappa shape index (κ1) is 23.2.